The van der Waals surface area contributed by atoms with Crippen LogP contribution in [0.4, 0.5) is 15.9 Å². The molecule has 0 bridgehead atoms. The predicted molar refractivity (Wildman–Crippen MR) is 117 cm³/mol. The van der Waals surface area contributed by atoms with E-state index >= 15 is 0 Å². The van der Waals surface area contributed by atoms with Crippen LogP contribution in [0.5, 0.6) is 0 Å². The third-order valence-electron chi connectivity index (χ3n) is 6.24. The van der Waals surface area contributed by atoms with Gasteiger partial charge in [0, 0.05) is 29.9 Å². The predicted octanol–water partition coefficient (Wildman–Crippen LogP) is 3.52. The maximum atomic E-state index is 14.3. The fourth-order valence-electron chi connectivity index (χ4n) is 4.77. The highest BCUT2D eigenvalue weighted by Gasteiger charge is 2.56. The molecule has 7 heteroatoms. The van der Waals surface area contributed by atoms with E-state index in [0.717, 1.165) is 16.9 Å². The fourth-order valence-corrected chi connectivity index (χ4v) is 4.77. The molecule has 31 heavy (non-hydrogen) atoms. The van der Waals surface area contributed by atoms with Crippen LogP contribution in [-0.4, -0.2) is 40.9 Å². The van der Waals surface area contributed by atoms with Crippen LogP contribution in [0.1, 0.15) is 29.8 Å². The second-order valence-corrected chi connectivity index (χ2v) is 8.42. The van der Waals surface area contributed by atoms with Gasteiger partial charge in [-0.2, -0.15) is 0 Å². The summed E-state index contributed by atoms with van der Waals surface area (Å²) >= 11 is 0. The number of hydrogen-bond donors (Lipinski definition) is 1. The summed E-state index contributed by atoms with van der Waals surface area (Å²) < 4.78 is 14.3. The van der Waals surface area contributed by atoms with E-state index in [4.69, 9.17) is 0 Å². The summed E-state index contributed by atoms with van der Waals surface area (Å²) in [5.41, 5.74) is 2.41. The zero-order valence-electron chi connectivity index (χ0n) is 17.5. The summed E-state index contributed by atoms with van der Waals surface area (Å²) in [7, 11) is 2.00. The molecule has 1 fully saturated rings. The molecule has 1 saturated heterocycles. The number of likely N-dealkylation sites (N-methyl/N-ethyl adjacent to an activating group) is 1. The van der Waals surface area contributed by atoms with E-state index in [0.29, 0.717) is 31.0 Å². The summed E-state index contributed by atoms with van der Waals surface area (Å²) in [4.78, 5) is 26.6. The molecule has 3 aromatic rings. The standard InChI is InChI=1S/C24H24FN5O/c1-16(18-10-6-7-11-20(18)25)28-22-19-12-30(17-8-4-3-5-9-17)23(31)24(13-29(2)14-24)21(19)26-15-27-22/h3-11,15-16H,12-14H2,1-2H3,(H,26,27,28)/t16-/m1/s1. The van der Waals surface area contributed by atoms with Gasteiger partial charge in [0.1, 0.15) is 23.4 Å². The van der Waals surface area contributed by atoms with Crippen molar-refractivity contribution in [2.24, 2.45) is 0 Å². The Morgan fingerprint density at radius 3 is 2.48 bits per heavy atom. The minimum atomic E-state index is -0.682. The van der Waals surface area contributed by atoms with Gasteiger partial charge in [-0.3, -0.25) is 4.79 Å². The van der Waals surface area contributed by atoms with Crippen LogP contribution in [0.15, 0.2) is 60.9 Å². The number of benzene rings is 2. The number of para-hydroxylation sites is 1. The summed E-state index contributed by atoms with van der Waals surface area (Å²) in [5.74, 6) is 0.447. The number of carbonyl (C=O) groups is 1. The minimum absolute atomic E-state index is 0.0658. The molecule has 6 nitrogen and oxygen atoms in total. The molecular formula is C24H24FN5O. The van der Waals surface area contributed by atoms with Gasteiger partial charge in [-0.25, -0.2) is 14.4 Å². The van der Waals surface area contributed by atoms with E-state index in [1.165, 1.54) is 12.4 Å². The van der Waals surface area contributed by atoms with Gasteiger partial charge in [0.15, 0.2) is 0 Å². The van der Waals surface area contributed by atoms with Crippen molar-refractivity contribution in [3.8, 4) is 0 Å². The van der Waals surface area contributed by atoms with Crippen LogP contribution in [0.25, 0.3) is 0 Å². The lowest BCUT2D eigenvalue weighted by Gasteiger charge is -2.51. The van der Waals surface area contributed by atoms with Crippen molar-refractivity contribution in [1.82, 2.24) is 14.9 Å². The van der Waals surface area contributed by atoms with E-state index < -0.39 is 5.41 Å². The number of fused-ring (bicyclic) bond motifs is 2. The van der Waals surface area contributed by atoms with E-state index in [2.05, 4.69) is 20.2 Å². The first-order valence-corrected chi connectivity index (χ1v) is 10.4. The number of hydrogen-bond acceptors (Lipinski definition) is 5. The zero-order chi connectivity index (χ0) is 21.6. The highest BCUT2D eigenvalue weighted by molar-refractivity contribution is 6.04. The second kappa shape index (κ2) is 7.42. The molecule has 1 atom stereocenters. The van der Waals surface area contributed by atoms with Gasteiger partial charge in [-0.15, -0.1) is 0 Å². The van der Waals surface area contributed by atoms with Crippen molar-refractivity contribution in [2.45, 2.75) is 24.9 Å². The summed E-state index contributed by atoms with van der Waals surface area (Å²) in [6.45, 7) is 3.50. The van der Waals surface area contributed by atoms with Crippen molar-refractivity contribution in [3.05, 3.63) is 83.6 Å². The Balaban J connectivity index is 1.57. The van der Waals surface area contributed by atoms with Gasteiger partial charge < -0.3 is 15.1 Å². The number of rotatable bonds is 4. The van der Waals surface area contributed by atoms with Crippen LogP contribution in [0.2, 0.25) is 0 Å². The quantitative estimate of drug-likeness (QED) is 0.704. The monoisotopic (exact) mass is 417 g/mol. The fraction of sp³-hybridized carbons (Fsp3) is 0.292. The normalized spacial score (nSPS) is 18.4. The third kappa shape index (κ3) is 3.16. The van der Waals surface area contributed by atoms with E-state index in [-0.39, 0.29) is 17.8 Å². The molecule has 1 N–H and O–H groups in total. The Labute approximate surface area is 180 Å². The summed E-state index contributed by atoms with van der Waals surface area (Å²) in [6, 6.07) is 16.1. The molecule has 0 radical (unpaired) electrons. The Morgan fingerprint density at radius 1 is 1.06 bits per heavy atom. The first-order valence-electron chi connectivity index (χ1n) is 10.4. The minimum Gasteiger partial charge on any atom is -0.363 e. The number of carbonyl (C=O) groups excluding carboxylic acids is 1. The number of halogens is 1. The number of aromatic nitrogens is 2. The molecule has 1 spiro atoms. The molecule has 0 unspecified atom stereocenters. The first kappa shape index (κ1) is 19.6. The van der Waals surface area contributed by atoms with E-state index in [9.17, 15) is 9.18 Å². The van der Waals surface area contributed by atoms with Crippen molar-refractivity contribution in [1.29, 1.82) is 0 Å². The molecule has 3 heterocycles. The van der Waals surface area contributed by atoms with Gasteiger partial charge in [0.2, 0.25) is 5.91 Å². The largest absolute Gasteiger partial charge is 0.363 e. The van der Waals surface area contributed by atoms with Crippen LogP contribution >= 0.6 is 0 Å². The van der Waals surface area contributed by atoms with Crippen LogP contribution < -0.4 is 10.2 Å². The lowest BCUT2D eigenvalue weighted by atomic mass is 9.71. The number of nitrogens with zero attached hydrogens (tertiary/aromatic N) is 4. The molecule has 1 aromatic heterocycles. The number of likely N-dealkylation sites (tertiary alicyclic amines) is 1. The van der Waals surface area contributed by atoms with Crippen LogP contribution in [-0.2, 0) is 16.8 Å². The summed E-state index contributed by atoms with van der Waals surface area (Å²) in [5, 5.41) is 3.37. The molecule has 158 valence electrons. The molecule has 1 amide bonds. The van der Waals surface area contributed by atoms with Gasteiger partial charge in [0.25, 0.3) is 0 Å². The Kier molecular flexibility index (Phi) is 4.70. The van der Waals surface area contributed by atoms with Crippen molar-refractivity contribution >= 4 is 17.4 Å². The third-order valence-corrected chi connectivity index (χ3v) is 6.24. The number of nitrogens with one attached hydrogen (secondary N) is 1. The number of amides is 1. The maximum absolute atomic E-state index is 14.3. The topological polar surface area (TPSA) is 61.4 Å². The van der Waals surface area contributed by atoms with Crippen molar-refractivity contribution in [2.75, 3.05) is 30.4 Å². The second-order valence-electron chi connectivity index (χ2n) is 8.42. The number of anilines is 2. The lowest BCUT2D eigenvalue weighted by molar-refractivity contribution is -0.131. The highest BCUT2D eigenvalue weighted by atomic mass is 19.1. The highest BCUT2D eigenvalue weighted by Crippen LogP contribution is 2.43. The average molecular weight is 417 g/mol. The Hall–Kier alpha value is -3.32. The van der Waals surface area contributed by atoms with Gasteiger partial charge in [-0.1, -0.05) is 36.4 Å². The molecule has 0 saturated carbocycles. The molecule has 0 aliphatic carbocycles. The van der Waals surface area contributed by atoms with Crippen molar-refractivity contribution < 1.29 is 9.18 Å². The first-order chi connectivity index (χ1) is 15.0. The Morgan fingerprint density at radius 2 is 1.77 bits per heavy atom. The average Bonchev–Trinajstić information content (AvgIpc) is 2.76. The maximum Gasteiger partial charge on any atom is 0.242 e. The smallest absolute Gasteiger partial charge is 0.242 e. The van der Waals surface area contributed by atoms with E-state index in [1.54, 1.807) is 12.1 Å². The zero-order valence-corrected chi connectivity index (χ0v) is 17.5. The van der Waals surface area contributed by atoms with Crippen LogP contribution in [0.3, 0.4) is 0 Å². The molecular weight excluding hydrogens is 393 g/mol. The van der Waals surface area contributed by atoms with Gasteiger partial charge >= 0.3 is 0 Å². The molecule has 2 aromatic carbocycles. The molecule has 5 rings (SSSR count). The van der Waals surface area contributed by atoms with Gasteiger partial charge in [0.05, 0.1) is 18.3 Å². The molecule has 2 aliphatic rings. The molecule has 2 aliphatic heterocycles. The van der Waals surface area contributed by atoms with Gasteiger partial charge in [-0.05, 0) is 32.2 Å². The lowest BCUT2D eigenvalue weighted by Crippen LogP contribution is -2.68. The van der Waals surface area contributed by atoms with Crippen LogP contribution in [0, 0.1) is 5.82 Å². The van der Waals surface area contributed by atoms with Crippen molar-refractivity contribution in [3.63, 3.8) is 0 Å². The Bertz CT molecular complexity index is 1130. The summed E-state index contributed by atoms with van der Waals surface area (Å²) in [6.07, 6.45) is 1.50. The van der Waals surface area contributed by atoms with E-state index in [1.807, 2.05) is 55.3 Å². The SMILES string of the molecule is C[C@@H](Nc1ncnc2c1CN(c1ccccc1)C(=O)C21CN(C)C1)c1ccccc1F.